The summed E-state index contributed by atoms with van der Waals surface area (Å²) in [5, 5.41) is 0. The third kappa shape index (κ3) is 3.07. The quantitative estimate of drug-likeness (QED) is 0.776. The third-order valence-electron chi connectivity index (χ3n) is 4.80. The smallest absolute Gasteiger partial charge is 0.336 e. The molecule has 2 aromatic rings. The first-order valence-corrected chi connectivity index (χ1v) is 8.80. The number of amides is 1. The first kappa shape index (κ1) is 17.3. The van der Waals surface area contributed by atoms with Crippen molar-refractivity contribution in [1.82, 2.24) is 0 Å². The predicted octanol–water partition coefficient (Wildman–Crippen LogP) is 3.56. The molecule has 0 N–H and O–H groups in total. The molecule has 2 aromatic carbocycles. The van der Waals surface area contributed by atoms with Crippen molar-refractivity contribution in [3.8, 4) is 5.75 Å². The highest BCUT2D eigenvalue weighted by Crippen LogP contribution is 2.42. The minimum absolute atomic E-state index is 0.0326. The molecule has 0 radical (unpaired) electrons. The van der Waals surface area contributed by atoms with Crippen LogP contribution in [-0.2, 0) is 14.3 Å². The molecule has 0 bridgehead atoms. The van der Waals surface area contributed by atoms with Crippen LogP contribution >= 0.6 is 0 Å². The second kappa shape index (κ2) is 6.87. The molecule has 1 amide bonds. The van der Waals surface area contributed by atoms with Gasteiger partial charge < -0.3 is 9.47 Å². The number of anilines is 1. The molecule has 5 nitrogen and oxygen atoms in total. The summed E-state index contributed by atoms with van der Waals surface area (Å²) in [5.74, 6) is -0.584. The molecule has 0 fully saturated rings. The second-order valence-corrected chi connectivity index (χ2v) is 6.40. The Labute approximate surface area is 156 Å². The second-order valence-electron chi connectivity index (χ2n) is 6.40. The van der Waals surface area contributed by atoms with Crippen molar-refractivity contribution in [2.45, 2.75) is 19.3 Å². The van der Waals surface area contributed by atoms with E-state index in [-0.39, 0.29) is 30.7 Å². The lowest BCUT2D eigenvalue weighted by molar-refractivity contribution is -0.136. The number of carbonyl (C=O) groups is 2. The maximum Gasteiger partial charge on any atom is 0.336 e. The minimum atomic E-state index is -0.413. The topological polar surface area (TPSA) is 55.8 Å². The van der Waals surface area contributed by atoms with Gasteiger partial charge in [-0.3, -0.25) is 9.69 Å². The van der Waals surface area contributed by atoms with Crippen molar-refractivity contribution in [2.24, 2.45) is 0 Å². The van der Waals surface area contributed by atoms with E-state index in [1.54, 1.807) is 0 Å². The van der Waals surface area contributed by atoms with Crippen molar-refractivity contribution in [1.29, 1.82) is 0 Å². The Balaban J connectivity index is 1.74. The first-order chi connectivity index (χ1) is 13.1. The standard InChI is InChI=1S/C21H18FNO4/c1-2-26-16-9-3-13(4-10-16)17-11-19(24)23(15-7-5-14(22)6-8-15)18-12-27-21(25)20(17)18/h3-10,17H,2,11-12H2,1H3/t17-/m1/s1. The molecular weight excluding hydrogens is 349 g/mol. The summed E-state index contributed by atoms with van der Waals surface area (Å²) < 4.78 is 23.9. The molecule has 0 spiro atoms. The molecule has 6 heteroatoms. The van der Waals surface area contributed by atoms with Crippen LogP contribution in [0.4, 0.5) is 10.1 Å². The van der Waals surface area contributed by atoms with Crippen LogP contribution < -0.4 is 9.64 Å². The summed E-state index contributed by atoms with van der Waals surface area (Å²) in [6.07, 6.45) is 0.138. The molecule has 0 aliphatic carbocycles. The number of carbonyl (C=O) groups excluding carboxylic acids is 2. The lowest BCUT2D eigenvalue weighted by Crippen LogP contribution is -2.37. The summed E-state index contributed by atoms with van der Waals surface area (Å²) in [4.78, 5) is 26.7. The Morgan fingerprint density at radius 3 is 2.48 bits per heavy atom. The molecule has 2 aliphatic rings. The van der Waals surface area contributed by atoms with Crippen LogP contribution in [-0.4, -0.2) is 25.1 Å². The highest BCUT2D eigenvalue weighted by molar-refractivity contribution is 6.06. The molecule has 0 unspecified atom stereocenters. The minimum Gasteiger partial charge on any atom is -0.494 e. The van der Waals surface area contributed by atoms with Gasteiger partial charge in [-0.15, -0.1) is 0 Å². The van der Waals surface area contributed by atoms with Crippen molar-refractivity contribution in [3.63, 3.8) is 0 Å². The van der Waals surface area contributed by atoms with Crippen LogP contribution in [0.2, 0.25) is 0 Å². The number of hydrogen-bond acceptors (Lipinski definition) is 4. The number of benzene rings is 2. The van der Waals surface area contributed by atoms with Gasteiger partial charge in [0.2, 0.25) is 5.91 Å². The summed E-state index contributed by atoms with van der Waals surface area (Å²) >= 11 is 0. The molecule has 0 saturated carbocycles. The van der Waals surface area contributed by atoms with Gasteiger partial charge in [0, 0.05) is 18.0 Å². The van der Waals surface area contributed by atoms with Gasteiger partial charge in [0.25, 0.3) is 0 Å². The summed E-state index contributed by atoms with van der Waals surface area (Å²) in [6.45, 7) is 2.50. The number of rotatable bonds is 4. The fourth-order valence-electron chi connectivity index (χ4n) is 3.59. The number of esters is 1. The van der Waals surface area contributed by atoms with E-state index >= 15 is 0 Å². The number of cyclic esters (lactones) is 1. The van der Waals surface area contributed by atoms with Gasteiger partial charge in [-0.05, 0) is 48.9 Å². The fraction of sp³-hybridized carbons (Fsp3) is 0.238. The molecule has 2 heterocycles. The SMILES string of the molecule is CCOc1ccc([C@H]2CC(=O)N(c3ccc(F)cc3)C3=C2C(=O)OC3)cc1. The van der Waals surface area contributed by atoms with E-state index in [1.807, 2.05) is 31.2 Å². The molecule has 0 aromatic heterocycles. The fourth-order valence-corrected chi connectivity index (χ4v) is 3.59. The molecule has 4 rings (SSSR count). The van der Waals surface area contributed by atoms with Gasteiger partial charge in [0.15, 0.2) is 0 Å². The predicted molar refractivity (Wildman–Crippen MR) is 96.8 cm³/mol. The van der Waals surface area contributed by atoms with Crippen LogP contribution in [0.25, 0.3) is 0 Å². The molecule has 138 valence electrons. The largest absolute Gasteiger partial charge is 0.494 e. The Hall–Kier alpha value is -3.15. The van der Waals surface area contributed by atoms with E-state index in [0.29, 0.717) is 23.6 Å². The Bertz CT molecular complexity index is 918. The number of ether oxygens (including phenoxy) is 2. The Morgan fingerprint density at radius 2 is 1.81 bits per heavy atom. The van der Waals surface area contributed by atoms with Crippen LogP contribution in [0, 0.1) is 5.82 Å². The van der Waals surface area contributed by atoms with Crippen LogP contribution in [0.3, 0.4) is 0 Å². The van der Waals surface area contributed by atoms with E-state index < -0.39 is 5.97 Å². The lowest BCUT2D eigenvalue weighted by atomic mass is 9.84. The molecular formula is C21H18FNO4. The lowest BCUT2D eigenvalue weighted by Gasteiger charge is -2.31. The van der Waals surface area contributed by atoms with Crippen molar-refractivity contribution >= 4 is 17.6 Å². The molecule has 1 atom stereocenters. The van der Waals surface area contributed by atoms with Gasteiger partial charge in [0.1, 0.15) is 18.2 Å². The van der Waals surface area contributed by atoms with Gasteiger partial charge >= 0.3 is 5.97 Å². The first-order valence-electron chi connectivity index (χ1n) is 8.80. The monoisotopic (exact) mass is 367 g/mol. The van der Waals surface area contributed by atoms with E-state index in [2.05, 4.69) is 0 Å². The van der Waals surface area contributed by atoms with Crippen molar-refractivity contribution < 1.29 is 23.5 Å². The number of hydrogen-bond donors (Lipinski definition) is 0. The Kier molecular flexibility index (Phi) is 4.39. The maximum absolute atomic E-state index is 13.2. The van der Waals surface area contributed by atoms with Crippen molar-refractivity contribution in [2.75, 3.05) is 18.1 Å². The van der Waals surface area contributed by atoms with Crippen molar-refractivity contribution in [3.05, 3.63) is 71.2 Å². The van der Waals surface area contributed by atoms with E-state index in [4.69, 9.17) is 9.47 Å². The highest BCUT2D eigenvalue weighted by atomic mass is 19.1. The maximum atomic E-state index is 13.2. The van der Waals surface area contributed by atoms with Gasteiger partial charge in [-0.2, -0.15) is 0 Å². The average Bonchev–Trinajstić information content (AvgIpc) is 3.05. The highest BCUT2D eigenvalue weighted by Gasteiger charge is 2.42. The van der Waals surface area contributed by atoms with E-state index in [9.17, 15) is 14.0 Å². The van der Waals surface area contributed by atoms with Gasteiger partial charge in [-0.1, -0.05) is 12.1 Å². The summed E-state index contributed by atoms with van der Waals surface area (Å²) in [6, 6.07) is 13.0. The zero-order valence-corrected chi connectivity index (χ0v) is 14.8. The van der Waals surface area contributed by atoms with Crippen LogP contribution in [0.15, 0.2) is 59.8 Å². The third-order valence-corrected chi connectivity index (χ3v) is 4.80. The number of halogens is 1. The van der Waals surface area contributed by atoms with Gasteiger partial charge in [-0.25, -0.2) is 9.18 Å². The van der Waals surface area contributed by atoms with Gasteiger partial charge in [0.05, 0.1) is 17.9 Å². The average molecular weight is 367 g/mol. The van der Waals surface area contributed by atoms with Crippen LogP contribution in [0.1, 0.15) is 24.8 Å². The number of nitrogens with zero attached hydrogens (tertiary/aromatic N) is 1. The normalized spacial score (nSPS) is 19.2. The molecule has 2 aliphatic heterocycles. The van der Waals surface area contributed by atoms with E-state index in [1.165, 1.54) is 29.2 Å². The van der Waals surface area contributed by atoms with E-state index in [0.717, 1.165) is 11.3 Å². The zero-order valence-electron chi connectivity index (χ0n) is 14.8. The summed E-state index contributed by atoms with van der Waals surface area (Å²) in [7, 11) is 0. The summed E-state index contributed by atoms with van der Waals surface area (Å²) in [5.41, 5.74) is 2.40. The Morgan fingerprint density at radius 1 is 1.11 bits per heavy atom. The molecule has 27 heavy (non-hydrogen) atoms. The van der Waals surface area contributed by atoms with Crippen LogP contribution in [0.5, 0.6) is 5.75 Å². The zero-order chi connectivity index (χ0) is 19.0. The molecule has 0 saturated heterocycles.